The molecule has 0 unspecified atom stereocenters. The molecule has 0 saturated heterocycles. The third-order valence-electron chi connectivity index (χ3n) is 1.66. The fraction of sp³-hybridized carbons (Fsp3) is 0.364. The molecule has 0 aliphatic heterocycles. The molecule has 2 N–H and O–H groups in total. The van der Waals surface area contributed by atoms with Gasteiger partial charge in [-0.3, -0.25) is 5.32 Å². The van der Waals surface area contributed by atoms with Gasteiger partial charge in [0.25, 0.3) is 0 Å². The van der Waals surface area contributed by atoms with E-state index in [4.69, 9.17) is 14.6 Å². The maximum absolute atomic E-state index is 11.2. The summed E-state index contributed by atoms with van der Waals surface area (Å²) in [6.07, 6.45) is -0.529. The predicted molar refractivity (Wildman–Crippen MR) is 58.2 cm³/mol. The zero-order valence-electron chi connectivity index (χ0n) is 8.81. The molecule has 0 aromatic heterocycles. The summed E-state index contributed by atoms with van der Waals surface area (Å²) in [6.45, 7) is 0.646. The van der Waals surface area contributed by atoms with Gasteiger partial charge in [-0.05, 0) is 18.2 Å². The number of hydrogen-bond donors (Lipinski definition) is 2. The number of amides is 1. The highest BCUT2D eigenvalue weighted by Gasteiger charge is 2.01. The molecule has 1 radical (unpaired) electrons. The first-order chi connectivity index (χ1) is 7.83. The van der Waals surface area contributed by atoms with E-state index in [1.807, 2.05) is 0 Å². The van der Waals surface area contributed by atoms with Crippen LogP contribution in [0.25, 0.3) is 0 Å². The molecule has 0 heterocycles. The first-order valence-electron chi connectivity index (χ1n) is 4.91. The molecule has 1 amide bonds. The SMILES string of the molecule is O=C(Nc1cc[c]cc1)OCCOCCO. The van der Waals surface area contributed by atoms with Crippen molar-refractivity contribution in [2.24, 2.45) is 0 Å². The Balaban J connectivity index is 2.12. The minimum Gasteiger partial charge on any atom is -0.447 e. The minimum absolute atomic E-state index is 0.0350. The fourth-order valence-electron chi connectivity index (χ4n) is 0.984. The summed E-state index contributed by atoms with van der Waals surface area (Å²) < 4.78 is 9.75. The second-order valence-corrected chi connectivity index (χ2v) is 2.89. The van der Waals surface area contributed by atoms with Gasteiger partial charge >= 0.3 is 6.09 Å². The largest absolute Gasteiger partial charge is 0.447 e. The number of aliphatic hydroxyl groups is 1. The Morgan fingerprint density at radius 2 is 2.06 bits per heavy atom. The van der Waals surface area contributed by atoms with Crippen LogP contribution in [-0.4, -0.2) is 37.6 Å². The lowest BCUT2D eigenvalue weighted by molar-refractivity contribution is 0.0572. The fourth-order valence-corrected chi connectivity index (χ4v) is 0.984. The number of carbonyl (C=O) groups excluding carboxylic acids is 1. The van der Waals surface area contributed by atoms with E-state index in [-0.39, 0.29) is 26.4 Å². The molecule has 0 aliphatic rings. The van der Waals surface area contributed by atoms with E-state index in [0.29, 0.717) is 5.69 Å². The van der Waals surface area contributed by atoms with Crippen LogP contribution >= 0.6 is 0 Å². The Labute approximate surface area is 94.0 Å². The lowest BCUT2D eigenvalue weighted by Gasteiger charge is -2.06. The Bertz CT molecular complexity index is 302. The second kappa shape index (κ2) is 7.67. The lowest BCUT2D eigenvalue weighted by Crippen LogP contribution is -2.17. The lowest BCUT2D eigenvalue weighted by atomic mass is 10.3. The van der Waals surface area contributed by atoms with E-state index in [0.717, 1.165) is 0 Å². The van der Waals surface area contributed by atoms with Gasteiger partial charge in [-0.1, -0.05) is 12.1 Å². The molecule has 1 aromatic rings. The van der Waals surface area contributed by atoms with Crippen molar-refractivity contribution >= 4 is 11.8 Å². The molecule has 1 rings (SSSR count). The number of hydrogen-bond acceptors (Lipinski definition) is 4. The molecule has 0 aliphatic carbocycles. The van der Waals surface area contributed by atoms with E-state index in [2.05, 4.69) is 11.4 Å². The van der Waals surface area contributed by atoms with Crippen LogP contribution in [0.1, 0.15) is 0 Å². The number of anilines is 1. The molecule has 0 fully saturated rings. The maximum Gasteiger partial charge on any atom is 0.411 e. The number of nitrogens with one attached hydrogen (secondary N) is 1. The molecular weight excluding hydrogens is 210 g/mol. The van der Waals surface area contributed by atoms with Crippen LogP contribution in [0.5, 0.6) is 0 Å². The average molecular weight is 224 g/mol. The summed E-state index contributed by atoms with van der Waals surface area (Å²) in [6, 6.07) is 9.65. The summed E-state index contributed by atoms with van der Waals surface area (Å²) in [5.41, 5.74) is 0.653. The number of aliphatic hydroxyl groups excluding tert-OH is 1. The van der Waals surface area contributed by atoms with Crippen LogP contribution in [0.15, 0.2) is 24.3 Å². The molecule has 1 aromatic carbocycles. The van der Waals surface area contributed by atoms with E-state index >= 15 is 0 Å². The first kappa shape index (κ1) is 12.5. The highest BCUT2D eigenvalue weighted by atomic mass is 16.6. The quantitative estimate of drug-likeness (QED) is 0.708. The molecule has 0 atom stereocenters. The standard InChI is InChI=1S/C11H14NO4/c13-6-7-15-8-9-16-11(14)12-10-4-2-1-3-5-10/h2-5,13H,6-9H2,(H,12,14). The summed E-state index contributed by atoms with van der Waals surface area (Å²) >= 11 is 0. The Hall–Kier alpha value is -1.59. The van der Waals surface area contributed by atoms with Crippen LogP contribution in [0, 0.1) is 6.07 Å². The van der Waals surface area contributed by atoms with Crippen LogP contribution in [0.2, 0.25) is 0 Å². The van der Waals surface area contributed by atoms with Crippen LogP contribution < -0.4 is 5.32 Å². The van der Waals surface area contributed by atoms with Crippen LogP contribution in [-0.2, 0) is 9.47 Å². The molecule has 0 spiro atoms. The van der Waals surface area contributed by atoms with Crippen molar-refractivity contribution in [1.82, 2.24) is 0 Å². The Kier molecular flexibility index (Phi) is 5.98. The van der Waals surface area contributed by atoms with Gasteiger partial charge in [-0.2, -0.15) is 0 Å². The summed E-state index contributed by atoms with van der Waals surface area (Å²) in [5.74, 6) is 0. The topological polar surface area (TPSA) is 67.8 Å². The number of rotatable bonds is 6. The number of ether oxygens (including phenoxy) is 2. The van der Waals surface area contributed by atoms with E-state index < -0.39 is 6.09 Å². The smallest absolute Gasteiger partial charge is 0.411 e. The molecule has 16 heavy (non-hydrogen) atoms. The average Bonchev–Trinajstić information content (AvgIpc) is 2.30. The van der Waals surface area contributed by atoms with Crippen molar-refractivity contribution in [3.8, 4) is 0 Å². The minimum atomic E-state index is -0.529. The highest BCUT2D eigenvalue weighted by Crippen LogP contribution is 2.04. The third kappa shape index (κ3) is 5.33. The maximum atomic E-state index is 11.2. The predicted octanol–water partition coefficient (Wildman–Crippen LogP) is 1.04. The normalized spacial score (nSPS) is 9.81. The number of carbonyl (C=O) groups is 1. The van der Waals surface area contributed by atoms with Gasteiger partial charge in [0.05, 0.1) is 19.8 Å². The van der Waals surface area contributed by atoms with E-state index in [9.17, 15) is 4.79 Å². The van der Waals surface area contributed by atoms with Gasteiger partial charge in [0, 0.05) is 5.69 Å². The molecule has 0 saturated carbocycles. The monoisotopic (exact) mass is 224 g/mol. The van der Waals surface area contributed by atoms with Crippen LogP contribution in [0.4, 0.5) is 10.5 Å². The molecular formula is C11H14NO4. The Morgan fingerprint density at radius 1 is 1.31 bits per heavy atom. The van der Waals surface area contributed by atoms with Gasteiger partial charge in [0.15, 0.2) is 0 Å². The van der Waals surface area contributed by atoms with Crippen molar-refractivity contribution in [1.29, 1.82) is 0 Å². The molecule has 5 heteroatoms. The van der Waals surface area contributed by atoms with Crippen molar-refractivity contribution in [3.63, 3.8) is 0 Å². The van der Waals surface area contributed by atoms with Gasteiger partial charge in [-0.25, -0.2) is 4.79 Å². The van der Waals surface area contributed by atoms with Gasteiger partial charge < -0.3 is 14.6 Å². The summed E-state index contributed by atoms with van der Waals surface area (Å²) in [4.78, 5) is 11.2. The number of benzene rings is 1. The van der Waals surface area contributed by atoms with Crippen molar-refractivity contribution in [2.45, 2.75) is 0 Å². The van der Waals surface area contributed by atoms with Crippen molar-refractivity contribution in [3.05, 3.63) is 30.3 Å². The molecule has 0 bridgehead atoms. The van der Waals surface area contributed by atoms with Crippen molar-refractivity contribution in [2.75, 3.05) is 31.7 Å². The second-order valence-electron chi connectivity index (χ2n) is 2.89. The Morgan fingerprint density at radius 3 is 2.75 bits per heavy atom. The summed E-state index contributed by atoms with van der Waals surface area (Å²) in [5, 5.41) is 11.0. The van der Waals surface area contributed by atoms with Crippen LogP contribution in [0.3, 0.4) is 0 Å². The zero-order valence-corrected chi connectivity index (χ0v) is 8.81. The van der Waals surface area contributed by atoms with Crippen molar-refractivity contribution < 1.29 is 19.4 Å². The molecule has 5 nitrogen and oxygen atoms in total. The molecule has 87 valence electrons. The first-order valence-corrected chi connectivity index (χ1v) is 4.91. The zero-order chi connectivity index (χ0) is 11.6. The van der Waals surface area contributed by atoms with E-state index in [1.54, 1.807) is 24.3 Å². The third-order valence-corrected chi connectivity index (χ3v) is 1.66. The van der Waals surface area contributed by atoms with Gasteiger partial charge in [0.1, 0.15) is 6.61 Å². The van der Waals surface area contributed by atoms with E-state index in [1.165, 1.54) is 0 Å². The highest BCUT2D eigenvalue weighted by molar-refractivity contribution is 5.84. The van der Waals surface area contributed by atoms with Gasteiger partial charge in [0.2, 0.25) is 0 Å². The summed E-state index contributed by atoms with van der Waals surface area (Å²) in [7, 11) is 0. The van der Waals surface area contributed by atoms with Gasteiger partial charge in [-0.15, -0.1) is 0 Å².